The van der Waals surface area contributed by atoms with Gasteiger partial charge in [-0.3, -0.25) is 14.0 Å². The lowest BCUT2D eigenvalue weighted by molar-refractivity contribution is 0.181. The molecule has 0 radical (unpaired) electrons. The smallest absolute Gasteiger partial charge is 0.330 e. The molecule has 44 heavy (non-hydrogen) atoms. The molecule has 4 aromatic heterocycles. The highest BCUT2D eigenvalue weighted by atomic mass is 32.2. The maximum Gasteiger partial charge on any atom is 0.330 e. The number of rotatable bonds is 7. The highest BCUT2D eigenvalue weighted by Gasteiger charge is 2.27. The molecule has 2 fully saturated rings. The molecule has 232 valence electrons. The number of anilines is 2. The Morgan fingerprint density at radius 2 is 1.89 bits per heavy atom. The van der Waals surface area contributed by atoms with Gasteiger partial charge in [-0.1, -0.05) is 11.2 Å². The van der Waals surface area contributed by atoms with E-state index in [4.69, 9.17) is 14.9 Å². The molecule has 2 N–H and O–H groups in total. The third kappa shape index (κ3) is 5.18. The van der Waals surface area contributed by atoms with Crippen molar-refractivity contribution in [3.8, 4) is 17.2 Å². The van der Waals surface area contributed by atoms with Gasteiger partial charge in [0.2, 0.25) is 5.95 Å². The van der Waals surface area contributed by atoms with Crippen molar-refractivity contribution in [2.45, 2.75) is 25.5 Å². The average molecular weight is 627 g/mol. The van der Waals surface area contributed by atoms with Crippen LogP contribution >= 0.6 is 0 Å². The summed E-state index contributed by atoms with van der Waals surface area (Å²) < 4.78 is 57.1. The lowest BCUT2D eigenvalue weighted by Gasteiger charge is -2.36. The van der Waals surface area contributed by atoms with E-state index in [9.17, 15) is 18.1 Å². The Labute approximate surface area is 253 Å². The maximum atomic E-state index is 14.9. The van der Waals surface area contributed by atoms with E-state index in [-0.39, 0.29) is 23.5 Å². The van der Waals surface area contributed by atoms with Crippen LogP contribution in [0.4, 0.5) is 20.4 Å². The van der Waals surface area contributed by atoms with E-state index in [0.717, 1.165) is 6.07 Å². The Balaban J connectivity index is 1.05. The number of nitrogen functional groups attached to an aromatic ring is 1. The molecule has 0 aliphatic carbocycles. The molecule has 12 nitrogen and oxygen atoms in total. The molecule has 1 aromatic carbocycles. The van der Waals surface area contributed by atoms with Gasteiger partial charge in [0.15, 0.2) is 23.0 Å². The molecule has 6 heterocycles. The van der Waals surface area contributed by atoms with Crippen molar-refractivity contribution in [2.24, 2.45) is 7.05 Å². The van der Waals surface area contributed by atoms with Crippen LogP contribution in [0.25, 0.3) is 28.1 Å². The number of nitrogens with two attached hydrogens (primary N) is 1. The van der Waals surface area contributed by atoms with Crippen LogP contribution in [0.5, 0.6) is 5.75 Å². The van der Waals surface area contributed by atoms with Crippen molar-refractivity contribution in [1.82, 2.24) is 28.6 Å². The second kappa shape index (κ2) is 11.4. The number of ether oxygens (including phenoxy) is 1. The summed E-state index contributed by atoms with van der Waals surface area (Å²) in [6.07, 6.45) is 2.49. The molecular weight excluding hydrogens is 594 g/mol. The lowest BCUT2D eigenvalue weighted by Crippen LogP contribution is -2.47. The van der Waals surface area contributed by atoms with E-state index in [2.05, 4.69) is 15.0 Å². The number of aromatic nitrogens is 5. The van der Waals surface area contributed by atoms with Crippen LogP contribution in [-0.4, -0.2) is 83.5 Å². The second-order valence-corrected chi connectivity index (χ2v) is 12.9. The molecule has 0 saturated carbocycles. The molecule has 2 aliphatic heterocycles. The standard InChI is InChI=1S/C29H32F2N8O4S/c1-35-26-23-16-21(24-3-2-12-42-24)34-39(23)28(32)33-27(26)38(29(35)40)11-8-36-6-9-37(10-7-36)22-17-25(20(31)15-19(22)30)43-18-4-13-44(41)14-5-18/h2-3,12,15-18H,4-11,13-14H2,1H3,(H2,32,33)/t18-,44+. The van der Waals surface area contributed by atoms with E-state index < -0.39 is 22.8 Å². The molecule has 0 bridgehead atoms. The zero-order valence-corrected chi connectivity index (χ0v) is 24.9. The normalized spacial score (nSPS) is 19.8. The highest BCUT2D eigenvalue weighted by Crippen LogP contribution is 2.31. The minimum atomic E-state index is -0.855. The topological polar surface area (TPSA) is 135 Å². The SMILES string of the molecule is Cn1c(=O)n(CCN2CCN(c3cc(O[C@H]4CC[S@@+]([O-])CC4)c(F)cc3F)CC2)c2nc(N)n3nc(-c4ccco4)cc3c21. The Morgan fingerprint density at radius 3 is 2.61 bits per heavy atom. The maximum absolute atomic E-state index is 14.9. The fourth-order valence-electron chi connectivity index (χ4n) is 6.05. The summed E-state index contributed by atoms with van der Waals surface area (Å²) in [5, 5.41) is 4.52. The van der Waals surface area contributed by atoms with Crippen LogP contribution in [0.2, 0.25) is 0 Å². The first kappa shape index (κ1) is 28.7. The molecule has 15 heteroatoms. The first-order valence-corrected chi connectivity index (χ1v) is 16.0. The predicted octanol–water partition coefficient (Wildman–Crippen LogP) is 2.62. The minimum absolute atomic E-state index is 0.0205. The molecule has 0 amide bonds. The van der Waals surface area contributed by atoms with E-state index >= 15 is 0 Å². The third-order valence-corrected chi connectivity index (χ3v) is 9.85. The number of hydrogen-bond acceptors (Lipinski definition) is 9. The summed E-state index contributed by atoms with van der Waals surface area (Å²) in [5.41, 5.74) is 8.65. The Bertz CT molecular complexity index is 1870. The number of hydrogen-bond donors (Lipinski definition) is 1. The molecule has 0 unspecified atom stereocenters. The van der Waals surface area contributed by atoms with Gasteiger partial charge in [-0.05, 0) is 18.2 Å². The number of furan rings is 1. The Morgan fingerprint density at radius 1 is 1.11 bits per heavy atom. The molecule has 0 atom stereocenters. The van der Waals surface area contributed by atoms with E-state index in [1.807, 2.05) is 11.0 Å². The van der Waals surface area contributed by atoms with Gasteiger partial charge in [0.1, 0.15) is 34.6 Å². The van der Waals surface area contributed by atoms with Crippen molar-refractivity contribution in [3.63, 3.8) is 0 Å². The summed E-state index contributed by atoms with van der Waals surface area (Å²) in [4.78, 5) is 21.9. The molecule has 2 saturated heterocycles. The zero-order chi connectivity index (χ0) is 30.5. The number of aryl methyl sites for hydroxylation is 1. The summed E-state index contributed by atoms with van der Waals surface area (Å²) in [6, 6.07) is 7.70. The number of halogens is 2. The summed E-state index contributed by atoms with van der Waals surface area (Å²) in [6.45, 7) is 3.23. The molecule has 5 aromatic rings. The van der Waals surface area contributed by atoms with Crippen LogP contribution < -0.4 is 21.1 Å². The number of nitrogens with zero attached hydrogens (tertiary/aromatic N) is 7. The average Bonchev–Trinajstić information content (AvgIpc) is 3.75. The van der Waals surface area contributed by atoms with E-state index in [1.165, 1.54) is 10.6 Å². The monoisotopic (exact) mass is 626 g/mol. The highest BCUT2D eigenvalue weighted by molar-refractivity contribution is 7.91. The molecule has 2 aliphatic rings. The lowest BCUT2D eigenvalue weighted by atomic mass is 10.2. The van der Waals surface area contributed by atoms with Crippen molar-refractivity contribution in [2.75, 3.05) is 54.9 Å². The minimum Gasteiger partial charge on any atom is -0.616 e. The van der Waals surface area contributed by atoms with Gasteiger partial charge in [0.05, 0.1) is 17.5 Å². The number of piperazine rings is 1. The fraction of sp³-hybridized carbons (Fsp3) is 0.414. The van der Waals surface area contributed by atoms with Gasteiger partial charge >= 0.3 is 5.69 Å². The van der Waals surface area contributed by atoms with Crippen molar-refractivity contribution in [1.29, 1.82) is 0 Å². The van der Waals surface area contributed by atoms with Crippen molar-refractivity contribution in [3.05, 3.63) is 58.7 Å². The number of fused-ring (bicyclic) bond motifs is 3. The molecule has 0 spiro atoms. The number of benzene rings is 1. The Kier molecular flexibility index (Phi) is 7.46. The first-order chi connectivity index (χ1) is 21.3. The summed E-state index contributed by atoms with van der Waals surface area (Å²) in [7, 11) is 1.70. The van der Waals surface area contributed by atoms with Crippen LogP contribution in [0.15, 0.2) is 45.8 Å². The van der Waals surface area contributed by atoms with Gasteiger partial charge < -0.3 is 24.3 Å². The third-order valence-electron chi connectivity index (χ3n) is 8.47. The quantitative estimate of drug-likeness (QED) is 0.271. The largest absolute Gasteiger partial charge is 0.616 e. The summed E-state index contributed by atoms with van der Waals surface area (Å²) in [5.74, 6) is 0.428. The van der Waals surface area contributed by atoms with E-state index in [1.54, 1.807) is 34.6 Å². The van der Waals surface area contributed by atoms with Gasteiger partial charge in [0, 0.05) is 71.3 Å². The molecule has 7 rings (SSSR count). The van der Waals surface area contributed by atoms with E-state index in [0.29, 0.717) is 97.4 Å². The fourth-order valence-corrected chi connectivity index (χ4v) is 7.30. The van der Waals surface area contributed by atoms with Crippen LogP contribution in [-0.2, 0) is 24.8 Å². The van der Waals surface area contributed by atoms with Gasteiger partial charge in [-0.15, -0.1) is 0 Å². The Hall–Kier alpha value is -4.08. The van der Waals surface area contributed by atoms with Crippen LogP contribution in [0.1, 0.15) is 12.8 Å². The van der Waals surface area contributed by atoms with Crippen molar-refractivity contribution >= 4 is 39.5 Å². The zero-order valence-electron chi connectivity index (χ0n) is 24.1. The number of imidazole rings is 1. The van der Waals surface area contributed by atoms with Crippen LogP contribution in [0.3, 0.4) is 0 Å². The predicted molar refractivity (Wildman–Crippen MR) is 162 cm³/mol. The van der Waals surface area contributed by atoms with Crippen LogP contribution in [0, 0.1) is 11.6 Å². The summed E-state index contributed by atoms with van der Waals surface area (Å²) >= 11 is -0.855. The van der Waals surface area contributed by atoms with Gasteiger partial charge in [-0.2, -0.15) is 14.6 Å². The van der Waals surface area contributed by atoms with Gasteiger partial charge in [0.25, 0.3) is 0 Å². The van der Waals surface area contributed by atoms with Crippen molar-refractivity contribution < 1.29 is 22.5 Å². The molecular formula is C29H32F2N8O4S. The van der Waals surface area contributed by atoms with Gasteiger partial charge in [-0.25, -0.2) is 13.6 Å². The second-order valence-electron chi connectivity index (χ2n) is 11.2. The first-order valence-electron chi connectivity index (χ1n) is 14.5.